The van der Waals surface area contributed by atoms with E-state index in [1.54, 1.807) is 0 Å². The number of ether oxygens (including phenoxy) is 4. The van der Waals surface area contributed by atoms with Crippen molar-refractivity contribution < 1.29 is 18.9 Å². The molecule has 0 aromatic heterocycles. The van der Waals surface area contributed by atoms with Gasteiger partial charge in [0.15, 0.2) is 0 Å². The monoisotopic (exact) mass is 554 g/mol. The maximum Gasteiger partial charge on any atom is 0.144 e. The molecule has 0 saturated heterocycles. The zero-order valence-electron chi connectivity index (χ0n) is 23.6. The first kappa shape index (κ1) is 35.0. The topological polar surface area (TPSA) is 36.9 Å². The van der Waals surface area contributed by atoms with Crippen molar-refractivity contribution in [1.82, 2.24) is 0 Å². The van der Waals surface area contributed by atoms with Gasteiger partial charge in [-0.05, 0) is 64.2 Å². The number of rotatable bonds is 27. The van der Waals surface area contributed by atoms with Crippen molar-refractivity contribution in [2.75, 3.05) is 37.9 Å². The summed E-state index contributed by atoms with van der Waals surface area (Å²) in [4.78, 5) is 0. The predicted octanol–water partition coefficient (Wildman–Crippen LogP) is 6.94. The molecule has 0 aliphatic carbocycles. The lowest BCUT2D eigenvalue weighted by Gasteiger charge is -2.34. The molecule has 0 aromatic rings. The van der Waals surface area contributed by atoms with Gasteiger partial charge in [0.2, 0.25) is 0 Å². The third kappa shape index (κ3) is 17.4. The Bertz CT molecular complexity index is 380. The van der Waals surface area contributed by atoms with Crippen LogP contribution in [0.1, 0.15) is 106 Å². The molecule has 0 saturated carbocycles. The Balaban J connectivity index is 4.18. The highest BCUT2D eigenvalue weighted by molar-refractivity contribution is 8.76. The fourth-order valence-corrected chi connectivity index (χ4v) is 10.0. The van der Waals surface area contributed by atoms with E-state index in [1.165, 1.54) is 49.3 Å². The van der Waals surface area contributed by atoms with E-state index in [0.717, 1.165) is 65.0 Å². The molecule has 0 heterocycles. The Kier molecular flexibility index (Phi) is 25.0. The van der Waals surface area contributed by atoms with Crippen LogP contribution >= 0.6 is 21.6 Å². The van der Waals surface area contributed by atoms with Crippen molar-refractivity contribution in [3.05, 3.63) is 0 Å². The summed E-state index contributed by atoms with van der Waals surface area (Å²) in [5, 5.41) is 0. The first-order valence-electron chi connectivity index (χ1n) is 14.4. The lowest BCUT2D eigenvalue weighted by Crippen LogP contribution is -2.42. The van der Waals surface area contributed by atoms with Crippen LogP contribution in [0.3, 0.4) is 0 Å². The molecular formula is C26H58O4S2Si2. The molecule has 0 rings (SSSR count). The molecule has 0 atom stereocenters. The Morgan fingerprint density at radius 1 is 0.500 bits per heavy atom. The lowest BCUT2D eigenvalue weighted by molar-refractivity contribution is -0.185. The van der Waals surface area contributed by atoms with E-state index in [1.807, 2.05) is 21.6 Å². The minimum Gasteiger partial charge on any atom is -0.354 e. The van der Waals surface area contributed by atoms with Gasteiger partial charge >= 0.3 is 0 Å². The van der Waals surface area contributed by atoms with E-state index in [9.17, 15) is 0 Å². The molecule has 0 unspecified atom stereocenters. The second kappa shape index (κ2) is 24.3. The van der Waals surface area contributed by atoms with Gasteiger partial charge in [-0.15, -0.1) is 0 Å². The molecule has 4 nitrogen and oxygen atoms in total. The van der Waals surface area contributed by atoms with Crippen molar-refractivity contribution >= 4 is 40.6 Å². The summed E-state index contributed by atoms with van der Waals surface area (Å²) in [7, 11) is 3.35. The largest absolute Gasteiger partial charge is 0.354 e. The zero-order chi connectivity index (χ0) is 25.4. The second-order valence-corrected chi connectivity index (χ2v) is 17.1. The molecular weight excluding hydrogens is 497 g/mol. The quantitative estimate of drug-likeness (QED) is 0.0474. The van der Waals surface area contributed by atoms with Crippen LogP contribution in [0.15, 0.2) is 0 Å². The van der Waals surface area contributed by atoms with Crippen molar-refractivity contribution in [1.29, 1.82) is 0 Å². The standard InChI is InChI=1S/C26H58O4S2Si2/c1-7-19-27-25(33-11-5,28-20-8-2)17-13-15-23-31-32-24-16-14-18-26(34-12-6,29-21-9-3)30-22-10-4/h7-24,33-34H2,1-6H3. The zero-order valence-corrected chi connectivity index (χ0v) is 28.1. The molecule has 0 aliphatic heterocycles. The summed E-state index contributed by atoms with van der Waals surface area (Å²) < 4.78 is 25.2. The van der Waals surface area contributed by atoms with Crippen molar-refractivity contribution in [2.24, 2.45) is 0 Å². The van der Waals surface area contributed by atoms with E-state index in [2.05, 4.69) is 41.5 Å². The van der Waals surface area contributed by atoms with Gasteiger partial charge < -0.3 is 18.9 Å². The maximum atomic E-state index is 6.30. The Hall–Kier alpha value is 0.974. The predicted molar refractivity (Wildman–Crippen MR) is 161 cm³/mol. The summed E-state index contributed by atoms with van der Waals surface area (Å²) >= 11 is 0. The Morgan fingerprint density at radius 3 is 1.09 bits per heavy atom. The number of hydrogen-bond donors (Lipinski definition) is 0. The highest BCUT2D eigenvalue weighted by Crippen LogP contribution is 2.28. The summed E-state index contributed by atoms with van der Waals surface area (Å²) in [6, 6.07) is 2.49. The van der Waals surface area contributed by atoms with Gasteiger partial charge in [0.1, 0.15) is 10.8 Å². The maximum absolute atomic E-state index is 6.30. The van der Waals surface area contributed by atoms with E-state index in [-0.39, 0.29) is 29.9 Å². The molecule has 0 N–H and O–H groups in total. The van der Waals surface area contributed by atoms with Crippen LogP contribution in [0, 0.1) is 0 Å². The van der Waals surface area contributed by atoms with Crippen LogP contribution in [-0.2, 0) is 18.9 Å². The molecule has 0 amide bonds. The highest BCUT2D eigenvalue weighted by atomic mass is 33.1. The van der Waals surface area contributed by atoms with Crippen LogP contribution in [0.25, 0.3) is 0 Å². The minimum atomic E-state index is -0.367. The average molecular weight is 555 g/mol. The van der Waals surface area contributed by atoms with Gasteiger partial charge in [-0.1, -0.05) is 75.2 Å². The van der Waals surface area contributed by atoms with Gasteiger partial charge in [-0.25, -0.2) is 0 Å². The summed E-state index contributed by atoms with van der Waals surface area (Å²) in [6.45, 7) is 16.7. The highest BCUT2D eigenvalue weighted by Gasteiger charge is 2.31. The van der Waals surface area contributed by atoms with Gasteiger partial charge in [-0.2, -0.15) is 0 Å². The van der Waals surface area contributed by atoms with Gasteiger partial charge in [0.25, 0.3) is 0 Å². The second-order valence-electron chi connectivity index (χ2n) is 9.27. The van der Waals surface area contributed by atoms with Crippen LogP contribution < -0.4 is 0 Å². The molecule has 0 aromatic carbocycles. The minimum absolute atomic E-state index is 0.216. The Morgan fingerprint density at radius 2 is 0.824 bits per heavy atom. The van der Waals surface area contributed by atoms with Gasteiger partial charge in [0, 0.05) is 37.9 Å². The smallest absolute Gasteiger partial charge is 0.144 e. The van der Waals surface area contributed by atoms with E-state index in [4.69, 9.17) is 18.9 Å². The van der Waals surface area contributed by atoms with Crippen LogP contribution in [0.4, 0.5) is 0 Å². The molecule has 0 aliphatic rings. The van der Waals surface area contributed by atoms with Crippen LogP contribution in [0.2, 0.25) is 12.1 Å². The summed E-state index contributed by atoms with van der Waals surface area (Å²) in [5.74, 6) is 2.45. The van der Waals surface area contributed by atoms with Crippen LogP contribution in [-0.4, -0.2) is 67.8 Å². The average Bonchev–Trinajstić information content (AvgIpc) is 2.85. The fraction of sp³-hybridized carbons (Fsp3) is 1.00. The molecule has 206 valence electrons. The number of unbranched alkanes of at least 4 members (excludes halogenated alkanes) is 2. The number of hydrogen-bond acceptors (Lipinski definition) is 6. The molecule has 0 fully saturated rings. The van der Waals surface area contributed by atoms with E-state index >= 15 is 0 Å². The first-order chi connectivity index (χ1) is 16.6. The summed E-state index contributed by atoms with van der Waals surface area (Å²) in [5.41, 5.74) is -0.431. The summed E-state index contributed by atoms with van der Waals surface area (Å²) in [6.07, 6.45) is 11.4. The SMILES string of the molecule is CCCOC(CCCCSSCCCCC(OCCC)(OCCC)[SiH2]CC)(OCCC)[SiH2]CC. The Labute approximate surface area is 225 Å². The molecule has 34 heavy (non-hydrogen) atoms. The molecule has 0 radical (unpaired) electrons. The van der Waals surface area contributed by atoms with Crippen molar-refractivity contribution in [3.63, 3.8) is 0 Å². The first-order valence-corrected chi connectivity index (χ1v) is 20.3. The van der Waals surface area contributed by atoms with Crippen molar-refractivity contribution in [2.45, 2.75) is 129 Å². The lowest BCUT2D eigenvalue weighted by atomic mass is 10.2. The molecule has 8 heteroatoms. The third-order valence-electron chi connectivity index (χ3n) is 5.69. The van der Waals surface area contributed by atoms with E-state index in [0.29, 0.717) is 0 Å². The van der Waals surface area contributed by atoms with Gasteiger partial charge in [-0.3, -0.25) is 0 Å². The third-order valence-corrected chi connectivity index (χ3v) is 12.3. The van der Waals surface area contributed by atoms with Crippen molar-refractivity contribution in [3.8, 4) is 0 Å². The van der Waals surface area contributed by atoms with Gasteiger partial charge in [0.05, 0.1) is 19.0 Å². The van der Waals surface area contributed by atoms with Crippen LogP contribution in [0.5, 0.6) is 0 Å². The molecule has 0 bridgehead atoms. The molecule has 0 spiro atoms. The normalized spacial score (nSPS) is 13.2. The fourth-order valence-electron chi connectivity index (χ4n) is 4.05. The van der Waals surface area contributed by atoms with E-state index < -0.39 is 0 Å².